The molecule has 0 aliphatic heterocycles. The van der Waals surface area contributed by atoms with Crippen molar-refractivity contribution in [3.63, 3.8) is 0 Å². The lowest BCUT2D eigenvalue weighted by Gasteiger charge is -2.07. The Morgan fingerprint density at radius 2 is 2.00 bits per heavy atom. The van der Waals surface area contributed by atoms with Gasteiger partial charge in [-0.3, -0.25) is 4.79 Å². The zero-order valence-corrected chi connectivity index (χ0v) is 8.84. The zero-order valence-electron chi connectivity index (χ0n) is 8.84. The van der Waals surface area contributed by atoms with Crippen LogP contribution in [0.2, 0.25) is 0 Å². The van der Waals surface area contributed by atoms with E-state index >= 15 is 0 Å². The van der Waals surface area contributed by atoms with Crippen molar-refractivity contribution < 1.29 is 14.3 Å². The Morgan fingerprint density at radius 3 is 2.54 bits per heavy atom. The highest BCUT2D eigenvalue weighted by Gasteiger charge is 2.02. The van der Waals surface area contributed by atoms with Crippen LogP contribution in [-0.2, 0) is 14.3 Å². The monoisotopic (exact) mass is 188 g/mol. The molecule has 13 heavy (non-hydrogen) atoms. The first kappa shape index (κ1) is 12.4. The lowest BCUT2D eigenvalue weighted by molar-refractivity contribution is -0.159. The van der Waals surface area contributed by atoms with Gasteiger partial charge >= 0.3 is 5.97 Å². The Morgan fingerprint density at radius 1 is 1.31 bits per heavy atom. The average Bonchev–Trinajstić information content (AvgIpc) is 2.04. The Balaban J connectivity index is 3.20. The lowest BCUT2D eigenvalue weighted by Crippen LogP contribution is -2.11. The number of carbonyl (C=O) groups excluding carboxylic acids is 1. The third-order valence-electron chi connectivity index (χ3n) is 1.61. The van der Waals surface area contributed by atoms with Crippen molar-refractivity contribution in [1.82, 2.24) is 0 Å². The van der Waals surface area contributed by atoms with Crippen molar-refractivity contribution in [2.75, 3.05) is 6.79 Å². The van der Waals surface area contributed by atoms with Gasteiger partial charge in [0, 0.05) is 6.42 Å². The van der Waals surface area contributed by atoms with Crippen molar-refractivity contribution in [3.05, 3.63) is 0 Å². The molecule has 0 fully saturated rings. The van der Waals surface area contributed by atoms with Crippen LogP contribution < -0.4 is 0 Å². The largest absolute Gasteiger partial charge is 0.438 e. The van der Waals surface area contributed by atoms with Crippen molar-refractivity contribution in [2.24, 2.45) is 0 Å². The van der Waals surface area contributed by atoms with E-state index in [4.69, 9.17) is 9.47 Å². The van der Waals surface area contributed by atoms with E-state index in [1.54, 1.807) is 0 Å². The number of ether oxygens (including phenoxy) is 2. The van der Waals surface area contributed by atoms with Crippen LogP contribution in [0.15, 0.2) is 0 Å². The van der Waals surface area contributed by atoms with Gasteiger partial charge in [-0.05, 0) is 20.3 Å². The minimum Gasteiger partial charge on any atom is -0.438 e. The molecule has 0 aromatic rings. The number of rotatable bonds is 7. The Hall–Kier alpha value is -0.570. The lowest BCUT2D eigenvalue weighted by atomic mass is 10.2. The molecule has 0 spiro atoms. The summed E-state index contributed by atoms with van der Waals surface area (Å²) in [5.41, 5.74) is 0. The van der Waals surface area contributed by atoms with E-state index in [1.165, 1.54) is 0 Å². The summed E-state index contributed by atoms with van der Waals surface area (Å²) in [6.45, 7) is 6.01. The van der Waals surface area contributed by atoms with Crippen LogP contribution in [0.5, 0.6) is 0 Å². The van der Waals surface area contributed by atoms with Crippen LogP contribution in [0.25, 0.3) is 0 Å². The third kappa shape index (κ3) is 9.34. The van der Waals surface area contributed by atoms with Gasteiger partial charge in [0.25, 0.3) is 0 Å². The molecule has 0 bridgehead atoms. The normalized spacial score (nSPS) is 10.5. The van der Waals surface area contributed by atoms with Gasteiger partial charge in [0.1, 0.15) is 0 Å². The average molecular weight is 188 g/mol. The third-order valence-corrected chi connectivity index (χ3v) is 1.61. The van der Waals surface area contributed by atoms with Gasteiger partial charge in [-0.15, -0.1) is 0 Å². The Kier molecular flexibility index (Phi) is 7.69. The van der Waals surface area contributed by atoms with Crippen LogP contribution in [0.1, 0.15) is 46.5 Å². The second-order valence-electron chi connectivity index (χ2n) is 3.31. The summed E-state index contributed by atoms with van der Waals surface area (Å²) in [4.78, 5) is 11.0. The fourth-order valence-corrected chi connectivity index (χ4v) is 0.827. The maximum atomic E-state index is 11.0. The van der Waals surface area contributed by atoms with E-state index in [2.05, 4.69) is 6.92 Å². The van der Waals surface area contributed by atoms with Gasteiger partial charge in [-0.1, -0.05) is 19.8 Å². The fourth-order valence-electron chi connectivity index (χ4n) is 0.827. The smallest absolute Gasteiger partial charge is 0.307 e. The Bertz CT molecular complexity index is 132. The van der Waals surface area contributed by atoms with Crippen molar-refractivity contribution in [1.29, 1.82) is 0 Å². The molecule has 0 aliphatic rings. The summed E-state index contributed by atoms with van der Waals surface area (Å²) in [7, 11) is 0. The molecule has 0 rings (SSSR count). The fraction of sp³-hybridized carbons (Fsp3) is 0.900. The second kappa shape index (κ2) is 8.05. The van der Waals surface area contributed by atoms with Crippen LogP contribution in [0, 0.1) is 0 Å². The molecule has 3 nitrogen and oxygen atoms in total. The highest BCUT2D eigenvalue weighted by Crippen LogP contribution is 2.00. The van der Waals surface area contributed by atoms with E-state index in [-0.39, 0.29) is 18.9 Å². The molecule has 0 saturated heterocycles. The molecule has 3 heteroatoms. The number of carbonyl (C=O) groups is 1. The predicted molar refractivity (Wildman–Crippen MR) is 51.3 cm³/mol. The molecular weight excluding hydrogens is 168 g/mol. The quantitative estimate of drug-likeness (QED) is 0.350. The summed E-state index contributed by atoms with van der Waals surface area (Å²) in [5, 5.41) is 0. The van der Waals surface area contributed by atoms with Crippen molar-refractivity contribution in [3.8, 4) is 0 Å². The maximum Gasteiger partial charge on any atom is 0.307 e. The molecule has 0 unspecified atom stereocenters. The molecule has 0 aromatic carbocycles. The topological polar surface area (TPSA) is 35.5 Å². The highest BCUT2D eigenvalue weighted by atomic mass is 16.7. The predicted octanol–water partition coefficient (Wildman–Crippen LogP) is 2.49. The maximum absolute atomic E-state index is 11.0. The van der Waals surface area contributed by atoms with E-state index in [0.29, 0.717) is 6.42 Å². The van der Waals surface area contributed by atoms with Crippen LogP contribution in [0.4, 0.5) is 0 Å². The van der Waals surface area contributed by atoms with Crippen molar-refractivity contribution >= 4 is 5.97 Å². The van der Waals surface area contributed by atoms with Crippen molar-refractivity contribution in [2.45, 2.75) is 52.6 Å². The number of unbranched alkanes of at least 4 members (excludes halogenated alkanes) is 2. The molecule has 0 aliphatic carbocycles. The second-order valence-corrected chi connectivity index (χ2v) is 3.31. The van der Waals surface area contributed by atoms with Crippen LogP contribution in [-0.4, -0.2) is 18.9 Å². The van der Waals surface area contributed by atoms with E-state index in [9.17, 15) is 4.79 Å². The first-order valence-electron chi connectivity index (χ1n) is 4.94. The van der Waals surface area contributed by atoms with E-state index in [1.807, 2.05) is 13.8 Å². The van der Waals surface area contributed by atoms with Crippen LogP contribution in [0.3, 0.4) is 0 Å². The van der Waals surface area contributed by atoms with Gasteiger partial charge < -0.3 is 9.47 Å². The zero-order chi connectivity index (χ0) is 10.1. The molecular formula is C10H20O3. The van der Waals surface area contributed by atoms with E-state index in [0.717, 1.165) is 19.3 Å². The van der Waals surface area contributed by atoms with Crippen LogP contribution >= 0.6 is 0 Å². The highest BCUT2D eigenvalue weighted by molar-refractivity contribution is 5.69. The molecule has 0 aromatic heterocycles. The minimum atomic E-state index is -0.158. The first-order valence-corrected chi connectivity index (χ1v) is 4.94. The molecule has 78 valence electrons. The summed E-state index contributed by atoms with van der Waals surface area (Å²) < 4.78 is 9.91. The number of hydrogen-bond donors (Lipinski definition) is 0. The summed E-state index contributed by atoms with van der Waals surface area (Å²) >= 11 is 0. The minimum absolute atomic E-state index is 0.0859. The molecule has 0 N–H and O–H groups in total. The summed E-state index contributed by atoms with van der Waals surface area (Å²) in [5.74, 6) is -0.158. The van der Waals surface area contributed by atoms with Gasteiger partial charge in [0.15, 0.2) is 6.79 Å². The molecule has 0 atom stereocenters. The van der Waals surface area contributed by atoms with Gasteiger partial charge in [0.2, 0.25) is 0 Å². The molecule has 0 saturated carbocycles. The van der Waals surface area contributed by atoms with Gasteiger partial charge in [-0.25, -0.2) is 0 Å². The van der Waals surface area contributed by atoms with Gasteiger partial charge in [0.05, 0.1) is 6.10 Å². The van der Waals surface area contributed by atoms with E-state index < -0.39 is 0 Å². The number of esters is 1. The molecule has 0 amide bonds. The van der Waals surface area contributed by atoms with Gasteiger partial charge in [-0.2, -0.15) is 0 Å². The summed E-state index contributed by atoms with van der Waals surface area (Å²) in [6.07, 6.45) is 3.74. The molecule has 0 radical (unpaired) electrons. The first-order chi connectivity index (χ1) is 6.16. The standard InChI is InChI=1S/C10H20O3/c1-4-5-6-7-10(11)13-8-12-9(2)3/h9H,4-8H2,1-3H3. The SMILES string of the molecule is CCCCCC(=O)OCOC(C)C. The summed E-state index contributed by atoms with van der Waals surface area (Å²) in [6, 6.07) is 0. The molecule has 0 heterocycles. The Labute approximate surface area is 80.4 Å². The number of hydrogen-bond acceptors (Lipinski definition) is 3.